The molecule has 0 saturated carbocycles. The molecule has 0 aliphatic heterocycles. The Balaban J connectivity index is 2.12. The first-order valence-electron chi connectivity index (χ1n) is 5.70. The van der Waals surface area contributed by atoms with Gasteiger partial charge in [-0.1, -0.05) is 11.6 Å². The number of nitrogens with zero attached hydrogens (tertiary/aromatic N) is 2. The maximum absolute atomic E-state index is 12.0. The second kappa shape index (κ2) is 6.23. The van der Waals surface area contributed by atoms with Gasteiger partial charge >= 0.3 is 5.97 Å². The van der Waals surface area contributed by atoms with Crippen molar-refractivity contribution in [1.82, 2.24) is 15.2 Å². The van der Waals surface area contributed by atoms with Crippen LogP contribution in [-0.2, 0) is 4.74 Å². The molecule has 0 atom stereocenters. The molecule has 1 aromatic carbocycles. The fourth-order valence-corrected chi connectivity index (χ4v) is 1.74. The predicted molar refractivity (Wildman–Crippen MR) is 73.7 cm³/mol. The largest absolute Gasteiger partial charge is 0.495 e. The van der Waals surface area contributed by atoms with E-state index < -0.39 is 11.9 Å². The lowest BCUT2D eigenvalue weighted by Crippen LogP contribution is -2.13. The highest BCUT2D eigenvalue weighted by molar-refractivity contribution is 6.32. The number of carbonyl (C=O) groups is 2. The lowest BCUT2D eigenvalue weighted by molar-refractivity contribution is 0.0587. The second-order valence-electron chi connectivity index (χ2n) is 3.80. The summed E-state index contributed by atoms with van der Waals surface area (Å²) in [5, 5.41) is 8.75. The maximum atomic E-state index is 12.0. The van der Waals surface area contributed by atoms with Gasteiger partial charge in [0.25, 0.3) is 5.91 Å². The molecule has 2 N–H and O–H groups in total. The third-order valence-electron chi connectivity index (χ3n) is 2.50. The summed E-state index contributed by atoms with van der Waals surface area (Å²) in [4.78, 5) is 27.0. The summed E-state index contributed by atoms with van der Waals surface area (Å²) in [6.45, 7) is 0. The number of aromatic amines is 1. The van der Waals surface area contributed by atoms with Crippen LogP contribution in [0.1, 0.15) is 21.0 Å². The Bertz CT molecular complexity index is 686. The zero-order valence-electron chi connectivity index (χ0n) is 11.1. The molecule has 0 spiro atoms. The fraction of sp³-hybridized carbons (Fsp3) is 0.167. The number of esters is 1. The van der Waals surface area contributed by atoms with Crippen molar-refractivity contribution in [3.63, 3.8) is 0 Å². The Morgan fingerprint density at radius 2 is 2.10 bits per heavy atom. The number of hydrogen-bond acceptors (Lipinski definition) is 6. The lowest BCUT2D eigenvalue weighted by atomic mass is 10.2. The monoisotopic (exact) mass is 310 g/mol. The molecule has 8 nitrogen and oxygen atoms in total. The standard InChI is InChI=1S/C12H11ClN4O4/c1-20-8-4-3-6(5-7(8)13)10(18)15-12-14-9(16-17-12)11(19)21-2/h3-5H,1-2H3,(H2,14,15,16,17,18). The summed E-state index contributed by atoms with van der Waals surface area (Å²) in [7, 11) is 2.69. The smallest absolute Gasteiger partial charge is 0.375 e. The number of anilines is 1. The van der Waals surface area contributed by atoms with Gasteiger partial charge in [0.1, 0.15) is 5.75 Å². The van der Waals surface area contributed by atoms with Gasteiger partial charge in [-0.25, -0.2) is 4.79 Å². The minimum absolute atomic E-state index is 0.0488. The summed E-state index contributed by atoms with van der Waals surface area (Å²) >= 11 is 5.94. The predicted octanol–water partition coefficient (Wildman–Crippen LogP) is 1.51. The number of rotatable bonds is 4. The number of hydrogen-bond donors (Lipinski definition) is 2. The van der Waals surface area contributed by atoms with Crippen LogP contribution < -0.4 is 10.1 Å². The zero-order valence-corrected chi connectivity index (χ0v) is 11.9. The SMILES string of the molecule is COC(=O)c1nc(NC(=O)c2ccc(OC)c(Cl)c2)n[nH]1. The number of benzene rings is 1. The molecular formula is C12H11ClN4O4. The highest BCUT2D eigenvalue weighted by atomic mass is 35.5. The number of methoxy groups -OCH3 is 2. The van der Waals surface area contributed by atoms with Crippen LogP contribution in [0.25, 0.3) is 0 Å². The highest BCUT2D eigenvalue weighted by Gasteiger charge is 2.15. The van der Waals surface area contributed by atoms with Crippen molar-refractivity contribution in [2.75, 3.05) is 19.5 Å². The molecule has 0 aliphatic carbocycles. The van der Waals surface area contributed by atoms with Crippen LogP contribution in [0, 0.1) is 0 Å². The third kappa shape index (κ3) is 3.29. The first-order valence-corrected chi connectivity index (χ1v) is 6.08. The van der Waals surface area contributed by atoms with Crippen molar-refractivity contribution in [2.24, 2.45) is 0 Å². The van der Waals surface area contributed by atoms with E-state index in [0.717, 1.165) is 0 Å². The Hall–Kier alpha value is -2.61. The maximum Gasteiger partial charge on any atom is 0.375 e. The molecule has 0 unspecified atom stereocenters. The van der Waals surface area contributed by atoms with E-state index in [1.807, 2.05) is 0 Å². The van der Waals surface area contributed by atoms with Gasteiger partial charge < -0.3 is 9.47 Å². The van der Waals surface area contributed by atoms with Gasteiger partial charge in [0.05, 0.1) is 19.2 Å². The van der Waals surface area contributed by atoms with Crippen LogP contribution in [0.5, 0.6) is 5.75 Å². The molecule has 0 fully saturated rings. The van der Waals surface area contributed by atoms with Crippen molar-refractivity contribution in [3.8, 4) is 5.75 Å². The first-order chi connectivity index (χ1) is 10.0. The Morgan fingerprint density at radius 3 is 2.71 bits per heavy atom. The van der Waals surface area contributed by atoms with Crippen LogP contribution in [0.15, 0.2) is 18.2 Å². The molecule has 110 valence electrons. The Kier molecular flexibility index (Phi) is 4.39. The number of carbonyl (C=O) groups excluding carboxylic acids is 2. The summed E-state index contributed by atoms with van der Waals surface area (Å²) in [6.07, 6.45) is 0. The summed E-state index contributed by atoms with van der Waals surface area (Å²) < 4.78 is 9.46. The molecule has 0 aliphatic rings. The summed E-state index contributed by atoms with van der Waals surface area (Å²) in [6, 6.07) is 4.55. The van der Waals surface area contributed by atoms with Crippen LogP contribution in [0.2, 0.25) is 5.02 Å². The topological polar surface area (TPSA) is 106 Å². The van der Waals surface area contributed by atoms with E-state index in [9.17, 15) is 9.59 Å². The second-order valence-corrected chi connectivity index (χ2v) is 4.21. The Labute approximate surface area is 124 Å². The van der Waals surface area contributed by atoms with E-state index >= 15 is 0 Å². The van der Waals surface area contributed by atoms with Gasteiger partial charge in [-0.2, -0.15) is 4.98 Å². The molecule has 2 aromatic rings. The average Bonchev–Trinajstić information content (AvgIpc) is 2.94. The van der Waals surface area contributed by atoms with Crippen LogP contribution >= 0.6 is 11.6 Å². The van der Waals surface area contributed by atoms with Gasteiger partial charge in [-0.3, -0.25) is 15.2 Å². The van der Waals surface area contributed by atoms with E-state index in [1.54, 1.807) is 6.07 Å². The van der Waals surface area contributed by atoms with E-state index in [2.05, 4.69) is 25.2 Å². The van der Waals surface area contributed by atoms with Crippen molar-refractivity contribution in [1.29, 1.82) is 0 Å². The molecule has 1 amide bonds. The molecule has 0 saturated heterocycles. The van der Waals surface area contributed by atoms with Gasteiger partial charge in [-0.05, 0) is 18.2 Å². The van der Waals surface area contributed by atoms with Crippen LogP contribution in [-0.4, -0.2) is 41.3 Å². The fourth-order valence-electron chi connectivity index (χ4n) is 1.49. The van der Waals surface area contributed by atoms with Crippen LogP contribution in [0.4, 0.5) is 5.95 Å². The number of nitrogens with one attached hydrogen (secondary N) is 2. The number of halogens is 1. The minimum Gasteiger partial charge on any atom is -0.495 e. The molecule has 9 heteroatoms. The molecule has 0 bridgehead atoms. The van der Waals surface area contributed by atoms with Crippen molar-refractivity contribution < 1.29 is 19.1 Å². The zero-order chi connectivity index (χ0) is 15.4. The van der Waals surface area contributed by atoms with Gasteiger partial charge in [-0.15, -0.1) is 5.10 Å². The number of ether oxygens (including phenoxy) is 2. The molecule has 2 rings (SSSR count). The van der Waals surface area contributed by atoms with Crippen molar-refractivity contribution in [3.05, 3.63) is 34.6 Å². The van der Waals surface area contributed by atoms with Crippen molar-refractivity contribution in [2.45, 2.75) is 0 Å². The number of aromatic nitrogens is 3. The average molecular weight is 311 g/mol. The Morgan fingerprint density at radius 1 is 1.33 bits per heavy atom. The van der Waals surface area contributed by atoms with E-state index in [1.165, 1.54) is 26.4 Å². The summed E-state index contributed by atoms with van der Waals surface area (Å²) in [5.41, 5.74) is 0.296. The normalized spacial score (nSPS) is 10.0. The molecule has 0 radical (unpaired) electrons. The van der Waals surface area contributed by atoms with Gasteiger partial charge in [0.15, 0.2) is 0 Å². The lowest BCUT2D eigenvalue weighted by Gasteiger charge is -2.05. The molecule has 1 aromatic heterocycles. The van der Waals surface area contributed by atoms with Gasteiger partial charge in [0, 0.05) is 5.56 Å². The quantitative estimate of drug-likeness (QED) is 0.829. The van der Waals surface area contributed by atoms with E-state index in [4.69, 9.17) is 16.3 Å². The summed E-state index contributed by atoms with van der Waals surface area (Å²) in [5.74, 6) is -0.863. The number of H-pyrrole nitrogens is 1. The molecule has 1 heterocycles. The molecule has 21 heavy (non-hydrogen) atoms. The first kappa shape index (κ1) is 14.8. The minimum atomic E-state index is -0.685. The van der Waals surface area contributed by atoms with Gasteiger partial charge in [0.2, 0.25) is 11.8 Å². The van der Waals surface area contributed by atoms with E-state index in [-0.39, 0.29) is 11.8 Å². The van der Waals surface area contributed by atoms with Crippen molar-refractivity contribution >= 4 is 29.4 Å². The molecular weight excluding hydrogens is 300 g/mol. The third-order valence-corrected chi connectivity index (χ3v) is 2.80. The van der Waals surface area contributed by atoms with Crippen LogP contribution in [0.3, 0.4) is 0 Å². The van der Waals surface area contributed by atoms with E-state index in [0.29, 0.717) is 16.3 Å². The number of amides is 1. The highest BCUT2D eigenvalue weighted by Crippen LogP contribution is 2.25.